The smallest absolute Gasteiger partial charge is 0.168 e. The van der Waals surface area contributed by atoms with E-state index in [1.165, 1.54) is 12.1 Å². The molecule has 0 aliphatic rings. The minimum absolute atomic E-state index is 0.108. The molecule has 0 bridgehead atoms. The van der Waals surface area contributed by atoms with E-state index in [9.17, 15) is 8.78 Å². The maximum absolute atomic E-state index is 12.6. The molecule has 57 valence electrons. The second kappa shape index (κ2) is 3.09. The van der Waals surface area contributed by atoms with E-state index >= 15 is 0 Å². The van der Waals surface area contributed by atoms with Crippen molar-refractivity contribution in [1.29, 1.82) is 0 Å². The van der Waals surface area contributed by atoms with Crippen molar-refractivity contribution in [2.45, 2.75) is 0 Å². The van der Waals surface area contributed by atoms with E-state index in [0.29, 0.717) is 0 Å². The van der Waals surface area contributed by atoms with Gasteiger partial charge in [0.1, 0.15) is 0 Å². The second-order valence-electron chi connectivity index (χ2n) is 1.81. The van der Waals surface area contributed by atoms with Crippen LogP contribution in [0.4, 0.5) is 8.78 Å². The molecule has 1 N–H and O–H groups in total. The lowest BCUT2D eigenvalue weighted by Gasteiger charge is -1.93. The predicted octanol–water partition coefficient (Wildman–Crippen LogP) is 1.57. The quantitative estimate of drug-likeness (QED) is 0.373. The Bertz CT molecular complexity index is 286. The van der Waals surface area contributed by atoms with Gasteiger partial charge in [0, 0.05) is 11.6 Å². The summed E-state index contributed by atoms with van der Waals surface area (Å²) >= 11 is 0. The third-order valence-corrected chi connectivity index (χ3v) is 1.12. The van der Waals surface area contributed by atoms with Gasteiger partial charge in [-0.2, -0.15) is 0 Å². The first-order valence-corrected chi connectivity index (χ1v) is 2.79. The number of halogens is 2. The Morgan fingerprint density at radius 3 is 2.91 bits per heavy atom. The Kier molecular flexibility index (Phi) is 2.15. The summed E-state index contributed by atoms with van der Waals surface area (Å²) in [6.07, 6.45) is 0.812. The molecule has 1 rings (SSSR count). The molecule has 4 heteroatoms. The summed E-state index contributed by atoms with van der Waals surface area (Å²) in [6.45, 7) is 0. The molecule has 0 spiro atoms. The highest BCUT2D eigenvalue weighted by atomic mass is 19.2. The third kappa shape index (κ3) is 1.52. The van der Waals surface area contributed by atoms with Crippen molar-refractivity contribution in [3.8, 4) is 0 Å². The summed E-state index contributed by atoms with van der Waals surface area (Å²) in [5, 5.41) is 10.6. The fourth-order valence-electron chi connectivity index (χ4n) is 0.630. The molecular formula is C7H4F2NO. The van der Waals surface area contributed by atoms with Gasteiger partial charge in [-0.15, -0.1) is 0 Å². The number of rotatable bonds is 1. The lowest BCUT2D eigenvalue weighted by molar-refractivity contribution is 0.321. The fourth-order valence-corrected chi connectivity index (χ4v) is 0.630. The minimum atomic E-state index is -1.08. The van der Waals surface area contributed by atoms with Gasteiger partial charge in [0.2, 0.25) is 0 Å². The van der Waals surface area contributed by atoms with Crippen LogP contribution in [0.2, 0.25) is 0 Å². The molecule has 0 fully saturated rings. The summed E-state index contributed by atoms with van der Waals surface area (Å²) in [5.41, 5.74) is -0.108. The van der Waals surface area contributed by atoms with Gasteiger partial charge in [0.15, 0.2) is 11.6 Å². The molecule has 1 aromatic rings. The molecule has 11 heavy (non-hydrogen) atoms. The van der Waals surface area contributed by atoms with Crippen molar-refractivity contribution < 1.29 is 14.0 Å². The van der Waals surface area contributed by atoms with Gasteiger partial charge in [-0.25, -0.2) is 8.78 Å². The standard InChI is InChI=1S/C7H4F2NO/c8-6-3-1-2-5(4-10-11)7(6)9/h1-2,4,11H/b10-4-. The van der Waals surface area contributed by atoms with E-state index in [-0.39, 0.29) is 5.56 Å². The first kappa shape index (κ1) is 7.65. The molecule has 0 saturated carbocycles. The normalized spacial score (nSPS) is 10.7. The molecule has 1 aromatic carbocycles. The SMILES string of the molecule is O/N=C\c1cc[c]c(F)c1F. The van der Waals surface area contributed by atoms with Crippen LogP contribution in [0.3, 0.4) is 0 Å². The second-order valence-corrected chi connectivity index (χ2v) is 1.81. The largest absolute Gasteiger partial charge is 0.411 e. The average Bonchev–Trinajstić information content (AvgIpc) is 1.99. The van der Waals surface area contributed by atoms with Crippen molar-refractivity contribution in [2.75, 3.05) is 0 Å². The zero-order valence-electron chi connectivity index (χ0n) is 5.38. The highest BCUT2D eigenvalue weighted by Crippen LogP contribution is 2.07. The van der Waals surface area contributed by atoms with Crippen LogP contribution in [0.25, 0.3) is 0 Å². The van der Waals surface area contributed by atoms with E-state index < -0.39 is 11.6 Å². The summed E-state index contributed by atoms with van der Waals surface area (Å²) in [4.78, 5) is 0. The summed E-state index contributed by atoms with van der Waals surface area (Å²) in [7, 11) is 0. The van der Waals surface area contributed by atoms with E-state index in [2.05, 4.69) is 5.16 Å². The van der Waals surface area contributed by atoms with Crippen molar-refractivity contribution in [1.82, 2.24) is 0 Å². The van der Waals surface area contributed by atoms with Crippen LogP contribution >= 0.6 is 0 Å². The molecule has 2 nitrogen and oxygen atoms in total. The van der Waals surface area contributed by atoms with Gasteiger partial charge in [-0.1, -0.05) is 11.2 Å². The molecule has 0 amide bonds. The zero-order chi connectivity index (χ0) is 8.27. The highest BCUT2D eigenvalue weighted by molar-refractivity contribution is 5.79. The Morgan fingerprint density at radius 1 is 1.55 bits per heavy atom. The Balaban J connectivity index is 3.16. The summed E-state index contributed by atoms with van der Waals surface area (Å²) < 4.78 is 24.9. The van der Waals surface area contributed by atoms with Crippen molar-refractivity contribution in [3.05, 3.63) is 35.4 Å². The molecule has 0 aromatic heterocycles. The summed E-state index contributed by atoms with van der Waals surface area (Å²) in [6, 6.07) is 4.47. The molecule has 0 atom stereocenters. The number of nitrogens with zero attached hydrogens (tertiary/aromatic N) is 1. The molecule has 0 aliphatic heterocycles. The molecule has 0 heterocycles. The van der Waals surface area contributed by atoms with Crippen LogP contribution in [-0.4, -0.2) is 11.4 Å². The predicted molar refractivity (Wildman–Crippen MR) is 34.6 cm³/mol. The lowest BCUT2D eigenvalue weighted by atomic mass is 10.2. The van der Waals surface area contributed by atoms with Crippen LogP contribution in [0.1, 0.15) is 5.56 Å². The molecular weight excluding hydrogens is 152 g/mol. The van der Waals surface area contributed by atoms with Gasteiger partial charge >= 0.3 is 0 Å². The Labute approximate surface area is 61.8 Å². The average molecular weight is 156 g/mol. The maximum Gasteiger partial charge on any atom is 0.168 e. The molecule has 0 aliphatic carbocycles. The van der Waals surface area contributed by atoms with E-state index in [1.807, 2.05) is 6.07 Å². The third-order valence-electron chi connectivity index (χ3n) is 1.12. The van der Waals surface area contributed by atoms with E-state index in [4.69, 9.17) is 5.21 Å². The molecule has 1 radical (unpaired) electrons. The monoisotopic (exact) mass is 156 g/mol. The van der Waals surface area contributed by atoms with E-state index in [0.717, 1.165) is 6.21 Å². The maximum atomic E-state index is 12.6. The topological polar surface area (TPSA) is 32.6 Å². The number of oxime groups is 1. The van der Waals surface area contributed by atoms with Gasteiger partial charge in [0.05, 0.1) is 6.21 Å². The number of benzene rings is 1. The van der Waals surface area contributed by atoms with Crippen LogP contribution in [-0.2, 0) is 0 Å². The van der Waals surface area contributed by atoms with Gasteiger partial charge in [-0.05, 0) is 6.07 Å². The van der Waals surface area contributed by atoms with Gasteiger partial charge in [0.25, 0.3) is 0 Å². The molecule has 0 saturated heterocycles. The van der Waals surface area contributed by atoms with Crippen LogP contribution in [0.5, 0.6) is 0 Å². The summed E-state index contributed by atoms with van der Waals surface area (Å²) in [5.74, 6) is -2.15. The van der Waals surface area contributed by atoms with Crippen molar-refractivity contribution >= 4 is 6.21 Å². The first-order valence-electron chi connectivity index (χ1n) is 2.79. The zero-order valence-corrected chi connectivity index (χ0v) is 5.38. The highest BCUT2D eigenvalue weighted by Gasteiger charge is 2.04. The fraction of sp³-hybridized carbons (Fsp3) is 0. The first-order chi connectivity index (χ1) is 5.25. The van der Waals surface area contributed by atoms with Crippen molar-refractivity contribution in [3.63, 3.8) is 0 Å². The van der Waals surface area contributed by atoms with Gasteiger partial charge < -0.3 is 5.21 Å². The van der Waals surface area contributed by atoms with Gasteiger partial charge in [-0.3, -0.25) is 0 Å². The number of hydrogen-bond acceptors (Lipinski definition) is 2. The number of hydrogen-bond donors (Lipinski definition) is 1. The van der Waals surface area contributed by atoms with Crippen molar-refractivity contribution in [2.24, 2.45) is 5.16 Å². The van der Waals surface area contributed by atoms with Crippen LogP contribution < -0.4 is 0 Å². The van der Waals surface area contributed by atoms with Crippen LogP contribution in [0, 0.1) is 17.7 Å². The Morgan fingerprint density at radius 2 is 2.27 bits per heavy atom. The Hall–Kier alpha value is -1.45. The minimum Gasteiger partial charge on any atom is -0.411 e. The van der Waals surface area contributed by atoms with E-state index in [1.54, 1.807) is 0 Å². The lowest BCUT2D eigenvalue weighted by Crippen LogP contribution is -1.91. The molecule has 0 unspecified atom stereocenters. The van der Waals surface area contributed by atoms with Crippen LogP contribution in [0.15, 0.2) is 17.3 Å².